The van der Waals surface area contributed by atoms with Gasteiger partial charge in [0.1, 0.15) is 24.2 Å². The monoisotopic (exact) mass is 688 g/mol. The second-order valence-corrected chi connectivity index (χ2v) is 12.5. The van der Waals surface area contributed by atoms with Crippen LogP contribution in [0.2, 0.25) is 0 Å². The molecule has 13 N–H and O–H groups in total. The van der Waals surface area contributed by atoms with Crippen LogP contribution >= 0.6 is 0 Å². The highest BCUT2D eigenvalue weighted by Crippen LogP contribution is 2.20. The van der Waals surface area contributed by atoms with Crippen molar-refractivity contribution in [1.82, 2.24) is 26.3 Å². The van der Waals surface area contributed by atoms with Crippen molar-refractivity contribution in [3.05, 3.63) is 36.0 Å². The zero-order valence-corrected chi connectivity index (χ0v) is 28.2. The number of carbonyl (C=O) groups excluding carboxylic acids is 4. The van der Waals surface area contributed by atoms with Gasteiger partial charge in [-0.15, -0.1) is 0 Å². The van der Waals surface area contributed by atoms with E-state index in [1.807, 2.05) is 38.1 Å². The molecule has 2 rings (SSSR count). The van der Waals surface area contributed by atoms with Crippen molar-refractivity contribution in [1.29, 1.82) is 0 Å². The van der Waals surface area contributed by atoms with Crippen LogP contribution in [0.5, 0.6) is 0 Å². The number of benzene rings is 1. The Bertz CT molecular complexity index is 1410. The predicted octanol–water partition coefficient (Wildman–Crippen LogP) is -0.160. The summed E-state index contributed by atoms with van der Waals surface area (Å²) in [6.07, 6.45) is 3.59. The molecule has 5 atom stereocenters. The van der Waals surface area contributed by atoms with Crippen LogP contribution in [0, 0.1) is 5.92 Å². The summed E-state index contributed by atoms with van der Waals surface area (Å²) in [5.41, 5.74) is 18.4. The fourth-order valence-electron chi connectivity index (χ4n) is 5.32. The number of aromatic nitrogens is 1. The van der Waals surface area contributed by atoms with Gasteiger partial charge in [-0.25, -0.2) is 4.79 Å². The Hall–Kier alpha value is -4.54. The minimum atomic E-state index is -1.40. The van der Waals surface area contributed by atoms with E-state index in [1.165, 1.54) is 0 Å². The molecule has 0 saturated carbocycles. The molecule has 0 aliphatic heterocycles. The molecule has 272 valence electrons. The van der Waals surface area contributed by atoms with Gasteiger partial charge in [-0.1, -0.05) is 32.0 Å². The van der Waals surface area contributed by atoms with E-state index >= 15 is 0 Å². The van der Waals surface area contributed by atoms with E-state index in [1.54, 1.807) is 6.20 Å². The van der Waals surface area contributed by atoms with Gasteiger partial charge in [-0.2, -0.15) is 0 Å². The Morgan fingerprint density at radius 2 is 1.27 bits per heavy atom. The standard InChI is InChI=1S/C33H52N8O8/c1-19(2)15-26(40-29(44)22(36)17-28(42)43)31(46)41-27(16-20-18-37-23-10-4-3-9-21(20)23)32(47)38-24(11-5-7-13-34)30(45)39-25(33(48)49)12-6-8-14-35/h3-4,9-10,18-19,22,24-27,37H,5-8,11-17,34-36H2,1-2H3,(H,38,47)(H,39,45)(H,40,44)(H,41,46)(H,42,43)(H,48,49). The number of carboxylic acids is 2. The van der Waals surface area contributed by atoms with E-state index in [0.29, 0.717) is 44.3 Å². The van der Waals surface area contributed by atoms with Crippen molar-refractivity contribution in [3.8, 4) is 0 Å². The molecule has 1 aromatic heterocycles. The Kier molecular flexibility index (Phi) is 17.2. The molecular formula is C33H52N8O8. The van der Waals surface area contributed by atoms with E-state index in [4.69, 9.17) is 22.3 Å². The van der Waals surface area contributed by atoms with Crippen molar-refractivity contribution in [2.75, 3.05) is 13.1 Å². The third kappa shape index (κ3) is 13.8. The number of para-hydroxylation sites is 1. The maximum absolute atomic E-state index is 14.0. The van der Waals surface area contributed by atoms with Crippen molar-refractivity contribution in [2.45, 2.75) is 102 Å². The molecular weight excluding hydrogens is 636 g/mol. The maximum Gasteiger partial charge on any atom is 0.326 e. The van der Waals surface area contributed by atoms with Gasteiger partial charge >= 0.3 is 11.9 Å². The number of hydrogen-bond donors (Lipinski definition) is 10. The summed E-state index contributed by atoms with van der Waals surface area (Å²) in [6.45, 7) is 4.37. The third-order valence-electron chi connectivity index (χ3n) is 7.94. The molecule has 0 fully saturated rings. The minimum Gasteiger partial charge on any atom is -0.481 e. The van der Waals surface area contributed by atoms with Crippen LogP contribution in [-0.2, 0) is 35.2 Å². The molecule has 0 aliphatic rings. The number of nitrogens with one attached hydrogen (secondary N) is 5. The van der Waals surface area contributed by atoms with Gasteiger partial charge in [0.2, 0.25) is 23.6 Å². The van der Waals surface area contributed by atoms with Crippen molar-refractivity contribution in [2.24, 2.45) is 23.1 Å². The molecule has 0 spiro atoms. The second-order valence-electron chi connectivity index (χ2n) is 12.5. The summed E-state index contributed by atoms with van der Waals surface area (Å²) < 4.78 is 0. The SMILES string of the molecule is CC(C)CC(NC(=O)C(N)CC(=O)O)C(=O)NC(Cc1c[nH]c2ccccc12)C(=O)NC(CCCCN)C(=O)NC(CCCCN)C(=O)O. The third-order valence-corrected chi connectivity index (χ3v) is 7.94. The molecule has 0 aliphatic carbocycles. The summed E-state index contributed by atoms with van der Waals surface area (Å²) in [5.74, 6) is -5.54. The van der Waals surface area contributed by atoms with Crippen LogP contribution in [0.4, 0.5) is 0 Å². The molecule has 2 aromatic rings. The number of nitrogens with two attached hydrogens (primary N) is 3. The summed E-state index contributed by atoms with van der Waals surface area (Å²) in [6, 6.07) is 1.24. The molecule has 16 nitrogen and oxygen atoms in total. The molecule has 16 heteroatoms. The molecule has 5 unspecified atom stereocenters. The number of aromatic amines is 1. The van der Waals surface area contributed by atoms with E-state index < -0.39 is 72.2 Å². The first-order chi connectivity index (χ1) is 23.3. The zero-order valence-electron chi connectivity index (χ0n) is 28.2. The number of carboxylic acid groups (broad SMARTS) is 2. The Balaban J connectivity index is 2.39. The van der Waals surface area contributed by atoms with Crippen molar-refractivity contribution in [3.63, 3.8) is 0 Å². The topological polar surface area (TPSA) is 285 Å². The average molecular weight is 689 g/mol. The number of H-pyrrole nitrogens is 1. The number of rotatable bonds is 23. The van der Waals surface area contributed by atoms with E-state index in [-0.39, 0.29) is 31.6 Å². The second kappa shape index (κ2) is 20.7. The van der Waals surface area contributed by atoms with E-state index in [0.717, 1.165) is 10.9 Å². The zero-order chi connectivity index (χ0) is 36.5. The van der Waals surface area contributed by atoms with Gasteiger partial charge in [0.25, 0.3) is 0 Å². The van der Waals surface area contributed by atoms with Crippen molar-refractivity contribution >= 4 is 46.5 Å². The number of hydrogen-bond acceptors (Lipinski definition) is 9. The molecule has 0 saturated heterocycles. The average Bonchev–Trinajstić information content (AvgIpc) is 3.45. The Labute approximate surface area is 285 Å². The van der Waals surface area contributed by atoms with Gasteiger partial charge in [0, 0.05) is 23.5 Å². The Morgan fingerprint density at radius 1 is 0.735 bits per heavy atom. The van der Waals surface area contributed by atoms with Crippen LogP contribution in [0.25, 0.3) is 10.9 Å². The van der Waals surface area contributed by atoms with Crippen molar-refractivity contribution < 1.29 is 39.0 Å². The first kappa shape index (κ1) is 40.6. The van der Waals surface area contributed by atoms with Crippen LogP contribution in [-0.4, -0.2) is 94.1 Å². The quantitative estimate of drug-likeness (QED) is 0.0685. The number of amides is 4. The van der Waals surface area contributed by atoms with Gasteiger partial charge in [0.15, 0.2) is 0 Å². The Morgan fingerprint density at radius 3 is 1.86 bits per heavy atom. The molecule has 49 heavy (non-hydrogen) atoms. The van der Waals surface area contributed by atoms with E-state index in [9.17, 15) is 33.9 Å². The molecule has 4 amide bonds. The lowest BCUT2D eigenvalue weighted by Gasteiger charge is -2.27. The fraction of sp³-hybridized carbons (Fsp3) is 0.576. The first-order valence-electron chi connectivity index (χ1n) is 16.6. The lowest BCUT2D eigenvalue weighted by atomic mass is 9.99. The largest absolute Gasteiger partial charge is 0.481 e. The van der Waals surface area contributed by atoms with Crippen LogP contribution in [0.3, 0.4) is 0 Å². The highest BCUT2D eigenvalue weighted by Gasteiger charge is 2.32. The first-order valence-corrected chi connectivity index (χ1v) is 16.6. The van der Waals surface area contributed by atoms with Gasteiger partial charge in [0.05, 0.1) is 12.5 Å². The number of fused-ring (bicyclic) bond motifs is 1. The summed E-state index contributed by atoms with van der Waals surface area (Å²) in [5, 5.41) is 30.0. The minimum absolute atomic E-state index is 0.00353. The highest BCUT2D eigenvalue weighted by atomic mass is 16.4. The highest BCUT2D eigenvalue weighted by molar-refractivity contribution is 5.96. The van der Waals surface area contributed by atoms with Crippen LogP contribution in [0.1, 0.15) is 70.8 Å². The summed E-state index contributed by atoms with van der Waals surface area (Å²) >= 11 is 0. The number of aliphatic carboxylic acids is 2. The smallest absolute Gasteiger partial charge is 0.326 e. The van der Waals surface area contributed by atoms with Crippen LogP contribution in [0.15, 0.2) is 30.5 Å². The lowest BCUT2D eigenvalue weighted by molar-refractivity contribution is -0.142. The number of unbranched alkanes of at least 4 members (excludes halogenated alkanes) is 2. The normalized spacial score (nSPS) is 14.3. The molecule has 0 radical (unpaired) electrons. The summed E-state index contributed by atoms with van der Waals surface area (Å²) in [4.78, 5) is 79.9. The molecule has 1 heterocycles. The van der Waals surface area contributed by atoms with E-state index in [2.05, 4.69) is 26.3 Å². The van der Waals surface area contributed by atoms with Crippen LogP contribution < -0.4 is 38.5 Å². The summed E-state index contributed by atoms with van der Waals surface area (Å²) in [7, 11) is 0. The van der Waals surface area contributed by atoms with Gasteiger partial charge < -0.3 is 53.7 Å². The fourth-order valence-corrected chi connectivity index (χ4v) is 5.32. The predicted molar refractivity (Wildman–Crippen MR) is 183 cm³/mol. The lowest BCUT2D eigenvalue weighted by Crippen LogP contribution is -2.59. The number of carbonyl (C=O) groups is 6. The maximum atomic E-state index is 14.0. The molecule has 1 aromatic carbocycles. The molecule has 0 bridgehead atoms. The van der Waals surface area contributed by atoms with Gasteiger partial charge in [-0.3, -0.25) is 24.0 Å². The van der Waals surface area contributed by atoms with Gasteiger partial charge in [-0.05, 0) is 75.6 Å².